The van der Waals surface area contributed by atoms with Gasteiger partial charge in [-0.15, -0.1) is 24.0 Å². The van der Waals surface area contributed by atoms with Crippen LogP contribution >= 0.6 is 24.0 Å². The Morgan fingerprint density at radius 2 is 2.05 bits per heavy atom. The molecule has 22 heavy (non-hydrogen) atoms. The molecule has 5 nitrogen and oxygen atoms in total. The number of aromatic nitrogens is 2. The van der Waals surface area contributed by atoms with E-state index >= 15 is 0 Å². The molecule has 1 fully saturated rings. The summed E-state index contributed by atoms with van der Waals surface area (Å²) >= 11 is 0. The molecule has 1 heterocycles. The molecule has 2 rings (SSSR count). The molecule has 1 aliphatic carbocycles. The topological polar surface area (TPSA) is 54.2 Å². The van der Waals surface area contributed by atoms with Crippen molar-refractivity contribution in [3.63, 3.8) is 0 Å². The molecule has 0 atom stereocenters. The van der Waals surface area contributed by atoms with Crippen LogP contribution in [0.1, 0.15) is 45.2 Å². The second kappa shape index (κ2) is 9.37. The maximum atomic E-state index is 4.33. The van der Waals surface area contributed by atoms with Gasteiger partial charge < -0.3 is 10.6 Å². The first kappa shape index (κ1) is 19.3. The molecule has 6 heteroatoms. The lowest BCUT2D eigenvalue weighted by Crippen LogP contribution is -2.45. The van der Waals surface area contributed by atoms with Crippen LogP contribution in [0, 0.1) is 11.8 Å². The molecule has 126 valence electrons. The summed E-state index contributed by atoms with van der Waals surface area (Å²) in [6.45, 7) is 5.43. The summed E-state index contributed by atoms with van der Waals surface area (Å²) in [5.74, 6) is 2.60. The Bertz CT molecular complexity index is 461. The van der Waals surface area contributed by atoms with E-state index in [1.165, 1.54) is 25.7 Å². The van der Waals surface area contributed by atoms with Crippen molar-refractivity contribution in [1.29, 1.82) is 0 Å². The van der Waals surface area contributed by atoms with Crippen LogP contribution in [0.3, 0.4) is 0 Å². The van der Waals surface area contributed by atoms with Gasteiger partial charge in [-0.1, -0.05) is 13.8 Å². The van der Waals surface area contributed by atoms with Gasteiger partial charge in [0.05, 0.1) is 12.2 Å². The van der Waals surface area contributed by atoms with Gasteiger partial charge in [-0.3, -0.25) is 9.67 Å². The molecule has 0 bridgehead atoms. The number of aryl methyl sites for hydroxylation is 1. The third-order valence-corrected chi connectivity index (χ3v) is 4.64. The van der Waals surface area contributed by atoms with Gasteiger partial charge >= 0.3 is 0 Å². The van der Waals surface area contributed by atoms with E-state index in [-0.39, 0.29) is 24.0 Å². The number of guanidine groups is 1. The minimum absolute atomic E-state index is 0. The largest absolute Gasteiger partial charge is 0.354 e. The van der Waals surface area contributed by atoms with Gasteiger partial charge in [-0.25, -0.2) is 0 Å². The normalized spacial score (nSPS) is 22.3. The van der Waals surface area contributed by atoms with E-state index in [9.17, 15) is 0 Å². The van der Waals surface area contributed by atoms with Crippen LogP contribution < -0.4 is 10.6 Å². The summed E-state index contributed by atoms with van der Waals surface area (Å²) in [5.41, 5.74) is 1.15. The number of aliphatic imine (C=N–C) groups is 1. The molecule has 1 aliphatic rings. The van der Waals surface area contributed by atoms with Crippen LogP contribution in [-0.4, -0.2) is 28.8 Å². The fourth-order valence-electron chi connectivity index (χ4n) is 3.07. The Balaban J connectivity index is 0.00000242. The Kier molecular flexibility index (Phi) is 8.20. The second-order valence-corrected chi connectivity index (χ2v) is 6.37. The monoisotopic (exact) mass is 419 g/mol. The van der Waals surface area contributed by atoms with Crippen LogP contribution in [0.25, 0.3) is 0 Å². The lowest BCUT2D eigenvalue weighted by Gasteiger charge is -2.32. The maximum Gasteiger partial charge on any atom is 0.191 e. The fraction of sp³-hybridized carbons (Fsp3) is 0.750. The predicted molar refractivity (Wildman–Crippen MR) is 103 cm³/mol. The zero-order valence-electron chi connectivity index (χ0n) is 14.2. The highest BCUT2D eigenvalue weighted by Gasteiger charge is 2.23. The van der Waals surface area contributed by atoms with Crippen molar-refractivity contribution in [2.75, 3.05) is 7.05 Å². The first-order valence-corrected chi connectivity index (χ1v) is 8.04. The van der Waals surface area contributed by atoms with E-state index in [0.29, 0.717) is 6.04 Å². The SMILES string of the molecule is CN=C(NCc1ccnn1C)NC1CCC(C(C)C)CC1.I. The molecule has 0 spiro atoms. The summed E-state index contributed by atoms with van der Waals surface area (Å²) in [7, 11) is 3.79. The van der Waals surface area contributed by atoms with Gasteiger partial charge in [-0.05, 0) is 43.6 Å². The summed E-state index contributed by atoms with van der Waals surface area (Å²) in [4.78, 5) is 4.33. The summed E-state index contributed by atoms with van der Waals surface area (Å²) in [6.07, 6.45) is 6.97. The van der Waals surface area contributed by atoms with E-state index in [2.05, 4.69) is 34.6 Å². The fourth-order valence-corrected chi connectivity index (χ4v) is 3.07. The van der Waals surface area contributed by atoms with E-state index in [1.807, 2.05) is 31.0 Å². The van der Waals surface area contributed by atoms with Crippen molar-refractivity contribution in [1.82, 2.24) is 20.4 Å². The molecule has 0 amide bonds. The zero-order valence-corrected chi connectivity index (χ0v) is 16.5. The Morgan fingerprint density at radius 3 is 2.55 bits per heavy atom. The van der Waals surface area contributed by atoms with Gasteiger partial charge in [0, 0.05) is 26.3 Å². The van der Waals surface area contributed by atoms with Crippen LogP contribution in [0.15, 0.2) is 17.3 Å². The summed E-state index contributed by atoms with van der Waals surface area (Å²) in [5, 5.41) is 11.1. The predicted octanol–water partition coefficient (Wildman–Crippen LogP) is 2.92. The van der Waals surface area contributed by atoms with Crippen molar-refractivity contribution in [2.45, 2.75) is 52.1 Å². The van der Waals surface area contributed by atoms with Crippen molar-refractivity contribution >= 4 is 29.9 Å². The molecule has 1 saturated carbocycles. The molecule has 1 aromatic rings. The lowest BCUT2D eigenvalue weighted by molar-refractivity contribution is 0.250. The number of nitrogens with one attached hydrogen (secondary N) is 2. The Labute approximate surface area is 151 Å². The van der Waals surface area contributed by atoms with Crippen LogP contribution in [0.2, 0.25) is 0 Å². The van der Waals surface area contributed by atoms with Gasteiger partial charge in [-0.2, -0.15) is 5.10 Å². The molecule has 0 aromatic carbocycles. The minimum Gasteiger partial charge on any atom is -0.354 e. The summed E-state index contributed by atoms with van der Waals surface area (Å²) < 4.78 is 1.88. The van der Waals surface area contributed by atoms with Gasteiger partial charge in [0.25, 0.3) is 0 Å². The highest BCUT2D eigenvalue weighted by atomic mass is 127. The number of hydrogen-bond donors (Lipinski definition) is 2. The van der Waals surface area contributed by atoms with E-state index < -0.39 is 0 Å². The lowest BCUT2D eigenvalue weighted by atomic mass is 9.80. The average Bonchev–Trinajstić information content (AvgIpc) is 2.89. The highest BCUT2D eigenvalue weighted by Crippen LogP contribution is 2.29. The van der Waals surface area contributed by atoms with Gasteiger partial charge in [0.15, 0.2) is 5.96 Å². The number of halogens is 1. The van der Waals surface area contributed by atoms with E-state index in [1.54, 1.807) is 0 Å². The smallest absolute Gasteiger partial charge is 0.191 e. The molecule has 0 saturated heterocycles. The molecule has 0 aliphatic heterocycles. The highest BCUT2D eigenvalue weighted by molar-refractivity contribution is 14.0. The first-order chi connectivity index (χ1) is 10.1. The number of hydrogen-bond acceptors (Lipinski definition) is 2. The molecule has 0 radical (unpaired) electrons. The van der Waals surface area contributed by atoms with Crippen molar-refractivity contribution in [3.05, 3.63) is 18.0 Å². The Hall–Kier alpha value is -0.790. The molecule has 0 unspecified atom stereocenters. The third kappa shape index (κ3) is 5.44. The maximum absolute atomic E-state index is 4.33. The summed E-state index contributed by atoms with van der Waals surface area (Å²) in [6, 6.07) is 2.58. The molecular weight excluding hydrogens is 389 g/mol. The number of rotatable bonds is 4. The van der Waals surface area contributed by atoms with E-state index in [4.69, 9.17) is 0 Å². The van der Waals surface area contributed by atoms with Gasteiger partial charge in [0.1, 0.15) is 0 Å². The molecular formula is C16H30IN5. The molecule has 2 N–H and O–H groups in total. The third-order valence-electron chi connectivity index (χ3n) is 4.64. The van der Waals surface area contributed by atoms with Crippen LogP contribution in [0.4, 0.5) is 0 Å². The second-order valence-electron chi connectivity index (χ2n) is 6.37. The van der Waals surface area contributed by atoms with Crippen LogP contribution in [0.5, 0.6) is 0 Å². The minimum atomic E-state index is 0. The standard InChI is InChI=1S/C16H29N5.HI/c1-12(2)13-5-7-14(8-6-13)20-16(17-3)18-11-15-9-10-19-21(15)4;/h9-10,12-14H,5-8,11H2,1-4H3,(H2,17,18,20);1H. The van der Waals surface area contributed by atoms with Crippen molar-refractivity contribution in [3.8, 4) is 0 Å². The zero-order chi connectivity index (χ0) is 15.2. The quantitative estimate of drug-likeness (QED) is 0.448. The average molecular weight is 419 g/mol. The van der Waals surface area contributed by atoms with Crippen molar-refractivity contribution < 1.29 is 0 Å². The Morgan fingerprint density at radius 1 is 1.36 bits per heavy atom. The van der Waals surface area contributed by atoms with Crippen molar-refractivity contribution in [2.24, 2.45) is 23.9 Å². The van der Waals surface area contributed by atoms with Crippen LogP contribution in [-0.2, 0) is 13.6 Å². The first-order valence-electron chi connectivity index (χ1n) is 8.04. The van der Waals surface area contributed by atoms with E-state index in [0.717, 1.165) is 30.0 Å². The molecule has 1 aromatic heterocycles. The van der Waals surface area contributed by atoms with Gasteiger partial charge in [0.2, 0.25) is 0 Å². The number of nitrogens with zero attached hydrogens (tertiary/aromatic N) is 3.